The monoisotopic (exact) mass is 1460 g/mol. The molecule has 12 aromatic rings. The first-order valence-electron chi connectivity index (χ1n) is 33.0. The van der Waals surface area contributed by atoms with Crippen molar-refractivity contribution in [3.63, 3.8) is 0 Å². The number of fused-ring (bicyclic) bond motifs is 5. The molecule has 0 unspecified atom stereocenters. The summed E-state index contributed by atoms with van der Waals surface area (Å²) in [6.45, 7) is 25.5. The van der Waals surface area contributed by atoms with Gasteiger partial charge < -0.3 is 99.8 Å². The molecule has 0 aliphatic carbocycles. The quantitative estimate of drug-likeness (QED) is 0.0487. The molecule has 0 saturated heterocycles. The van der Waals surface area contributed by atoms with Gasteiger partial charge in [0.2, 0.25) is 45.5 Å². The van der Waals surface area contributed by atoms with Crippen LogP contribution >= 0.6 is 0 Å². The second-order valence-electron chi connectivity index (χ2n) is 23.6. The molecule has 5 aliphatic rings. The van der Waals surface area contributed by atoms with Crippen LogP contribution in [0.1, 0.15) is 27.0 Å². The fraction of sp³-hybridized carbons (Fsp3) is 0.0602. The topological polar surface area (TPSA) is 283 Å². The third kappa shape index (κ3) is 13.1. The highest BCUT2D eigenvalue weighted by atomic mass is 16.7. The molecule has 0 aromatic heterocycles. The number of rotatable bonds is 22. The number of ketones is 1. The van der Waals surface area contributed by atoms with E-state index in [-0.39, 0.29) is 165 Å². The average Bonchev–Trinajstić information content (AvgIpc) is 1.05. The lowest BCUT2D eigenvalue weighted by molar-refractivity contribution is 0.103. The fourth-order valence-electron chi connectivity index (χ4n) is 11.9. The highest BCUT2D eigenvalue weighted by Gasteiger charge is 2.32. The van der Waals surface area contributed by atoms with E-state index in [1.54, 1.807) is 115 Å². The largest absolute Gasteiger partial charge is 0.504 e. The van der Waals surface area contributed by atoms with Gasteiger partial charge in [-0.15, -0.1) is 0 Å². The van der Waals surface area contributed by atoms with Gasteiger partial charge in [0.15, 0.2) is 86.3 Å². The maximum Gasteiger partial charge on any atom is 0.270 e. The SMILES string of the molecule is [C-]#[N+]c1c(Oc2ccc3c(c2)OCO3)cccc1Oc1cc(C(=O)c2ccc(Oc3cccc(Oc4ccc5c(c4)OCO5)c3[N+]#[C-])c(Oc3cccc(Oc4ccc5c(c4)OCO5)c3[N+]#[C-])c2O)cc(Oc2cccc(Oc3ccc4c(c3)OCO4)c2C#N)c1Oc1cccc(Oc2ccc3c(c2)OCO3)c1C#N. The van der Waals surface area contributed by atoms with E-state index in [2.05, 4.69) is 26.7 Å². The standard InChI is InChI=1S/C83H45N5O22/c1-86-77-63(103-48-21-27-60-72(35-48)98-42-93-60)13-6-16-66(77)107-69-30-24-51(81(90)83(69)110-68-18-8-15-65(79(68)88-3)105-50-23-29-62-74(37-50)100-44-95-62)80(89)45-31-75(106-56-11-4-9-54(52(56)38-84)101-46-19-25-58-70(33-46)96-40-91-58)82(109-57-12-5-10-55(53(57)39-85)102-47-20-26-59-71(34-47)97-41-92-59)76(32-45)108-67-17-7-14-64(78(67)87-2)104-49-22-28-61-73(36-49)99-43-94-61/h4-37,90H,40-44H2. The molecule has 17 rings (SSSR count). The van der Waals surface area contributed by atoms with E-state index in [9.17, 15) is 15.6 Å². The van der Waals surface area contributed by atoms with Gasteiger partial charge in [-0.25, -0.2) is 14.5 Å². The van der Waals surface area contributed by atoms with Crippen LogP contribution in [0.4, 0.5) is 17.1 Å². The highest BCUT2D eigenvalue weighted by molar-refractivity contribution is 6.12. The van der Waals surface area contributed by atoms with Gasteiger partial charge >= 0.3 is 0 Å². The number of aromatic hydroxyl groups is 1. The molecule has 534 valence electrons. The summed E-state index contributed by atoms with van der Waals surface area (Å²) in [5.74, 6) is 1.02. The van der Waals surface area contributed by atoms with E-state index in [0.29, 0.717) is 63.2 Å². The molecule has 0 saturated carbocycles. The summed E-state index contributed by atoms with van der Waals surface area (Å²) >= 11 is 0. The Kier molecular flexibility index (Phi) is 17.4. The third-order valence-electron chi connectivity index (χ3n) is 17.0. The number of nitriles is 2. The molecule has 27 nitrogen and oxygen atoms in total. The predicted octanol–water partition coefficient (Wildman–Crippen LogP) is 20.6. The van der Waals surface area contributed by atoms with Gasteiger partial charge in [0, 0.05) is 35.9 Å². The Morgan fingerprint density at radius 1 is 0.309 bits per heavy atom. The number of carbonyl (C=O) groups excluding carboxylic acids is 1. The first kappa shape index (κ1) is 66.8. The number of phenolic OH excluding ortho intramolecular Hbond substituents is 1. The van der Waals surface area contributed by atoms with Gasteiger partial charge in [0.1, 0.15) is 110 Å². The lowest BCUT2D eigenvalue weighted by atomic mass is 10.0. The first-order chi connectivity index (χ1) is 54.0. The summed E-state index contributed by atoms with van der Waals surface area (Å²) in [5.41, 5.74) is -1.72. The molecule has 5 aliphatic heterocycles. The van der Waals surface area contributed by atoms with Gasteiger partial charge in [-0.3, -0.25) is 4.79 Å². The number of phenols is 1. The molecular formula is C83H45N5O22. The van der Waals surface area contributed by atoms with Crippen molar-refractivity contribution in [3.05, 3.63) is 263 Å². The first-order valence-corrected chi connectivity index (χ1v) is 33.0. The van der Waals surface area contributed by atoms with E-state index in [0.717, 1.165) is 0 Å². The Bertz CT molecular complexity index is 5890. The lowest BCUT2D eigenvalue weighted by Crippen LogP contribution is -2.06. The number of carbonyl (C=O) groups is 1. The Morgan fingerprint density at radius 2 is 0.582 bits per heavy atom. The lowest BCUT2D eigenvalue weighted by Gasteiger charge is -2.21. The van der Waals surface area contributed by atoms with Gasteiger partial charge in [-0.05, 0) is 146 Å². The van der Waals surface area contributed by atoms with E-state index < -0.39 is 28.6 Å². The number of hydrogen-bond donors (Lipinski definition) is 1. The van der Waals surface area contributed by atoms with Crippen LogP contribution in [-0.4, -0.2) is 44.9 Å². The molecule has 0 radical (unpaired) electrons. The molecule has 1 N–H and O–H groups in total. The molecule has 0 amide bonds. The zero-order valence-electron chi connectivity index (χ0n) is 56.4. The van der Waals surface area contributed by atoms with Gasteiger partial charge in [0.05, 0.1) is 25.3 Å². The van der Waals surface area contributed by atoms with Crippen molar-refractivity contribution in [1.82, 2.24) is 0 Å². The molecule has 5 heterocycles. The van der Waals surface area contributed by atoms with Crippen molar-refractivity contribution >= 4 is 22.8 Å². The number of ether oxygens (including phenoxy) is 20. The van der Waals surface area contributed by atoms with Crippen molar-refractivity contribution < 1.29 is 105 Å². The maximum absolute atomic E-state index is 16.2. The van der Waals surface area contributed by atoms with Gasteiger partial charge in [-0.2, -0.15) is 10.5 Å². The van der Waals surface area contributed by atoms with E-state index in [4.69, 9.17) is 114 Å². The van der Waals surface area contributed by atoms with E-state index in [1.165, 1.54) is 91.0 Å². The summed E-state index contributed by atoms with van der Waals surface area (Å²) in [6, 6.07) is 56.1. The van der Waals surface area contributed by atoms with Crippen LogP contribution in [0.25, 0.3) is 14.5 Å². The number of nitrogens with zero attached hydrogens (tertiary/aromatic N) is 5. The predicted molar refractivity (Wildman–Crippen MR) is 382 cm³/mol. The van der Waals surface area contributed by atoms with Crippen LogP contribution in [0, 0.1) is 42.4 Å². The summed E-state index contributed by atoms with van der Waals surface area (Å²) < 4.78 is 121. The van der Waals surface area contributed by atoms with Crippen LogP contribution in [0.5, 0.6) is 178 Å². The minimum atomic E-state index is -0.992. The highest BCUT2D eigenvalue weighted by Crippen LogP contribution is 2.55. The molecule has 110 heavy (non-hydrogen) atoms. The molecule has 0 bridgehead atoms. The molecular weight excluding hydrogens is 1420 g/mol. The van der Waals surface area contributed by atoms with Crippen molar-refractivity contribution in [2.24, 2.45) is 0 Å². The van der Waals surface area contributed by atoms with Crippen molar-refractivity contribution in [1.29, 1.82) is 10.5 Å². The Labute approximate surface area is 622 Å². The molecule has 0 fully saturated rings. The zero-order valence-corrected chi connectivity index (χ0v) is 56.4. The number of para-hydroxylation sites is 3. The number of benzene rings is 12. The second kappa shape index (κ2) is 28.7. The fourth-order valence-corrected chi connectivity index (χ4v) is 11.9. The summed E-state index contributed by atoms with van der Waals surface area (Å²) in [6.07, 6.45) is 0. The van der Waals surface area contributed by atoms with Crippen molar-refractivity contribution in [2.75, 3.05) is 34.0 Å². The maximum atomic E-state index is 16.2. The van der Waals surface area contributed by atoms with Crippen LogP contribution in [-0.2, 0) is 0 Å². The van der Waals surface area contributed by atoms with Crippen molar-refractivity contribution in [2.45, 2.75) is 0 Å². The zero-order chi connectivity index (χ0) is 74.8. The number of hydrogen-bond acceptors (Lipinski definition) is 24. The molecule has 0 spiro atoms. The van der Waals surface area contributed by atoms with Crippen LogP contribution in [0.15, 0.2) is 206 Å². The van der Waals surface area contributed by atoms with Gasteiger partial charge in [0.25, 0.3) is 17.1 Å². The molecule has 27 heteroatoms. The summed E-state index contributed by atoms with van der Waals surface area (Å²) in [5, 5.41) is 35.3. The van der Waals surface area contributed by atoms with Gasteiger partial charge in [-0.1, -0.05) is 30.3 Å². The molecule has 12 aromatic carbocycles. The minimum Gasteiger partial charge on any atom is -0.504 e. The normalized spacial score (nSPS) is 12.4. The Balaban J connectivity index is 0.822. The van der Waals surface area contributed by atoms with E-state index >= 15 is 4.79 Å². The summed E-state index contributed by atoms with van der Waals surface area (Å²) in [4.78, 5) is 27.6. The van der Waals surface area contributed by atoms with Crippen LogP contribution in [0.2, 0.25) is 0 Å². The Hall–Kier alpha value is -16.4. The van der Waals surface area contributed by atoms with Crippen LogP contribution < -0.4 is 94.7 Å². The van der Waals surface area contributed by atoms with Crippen molar-refractivity contribution in [3.8, 4) is 190 Å². The smallest absolute Gasteiger partial charge is 0.270 e. The summed E-state index contributed by atoms with van der Waals surface area (Å²) in [7, 11) is 0. The Morgan fingerprint density at radius 3 is 0.927 bits per heavy atom. The van der Waals surface area contributed by atoms with E-state index in [1.807, 2.05) is 0 Å². The van der Waals surface area contributed by atoms with Crippen LogP contribution in [0.3, 0.4) is 0 Å². The third-order valence-corrected chi connectivity index (χ3v) is 17.0. The second-order valence-corrected chi connectivity index (χ2v) is 23.6. The molecule has 0 atom stereocenters. The average molecular weight is 1460 g/mol. The minimum absolute atomic E-state index is 0.000697.